The fraction of sp³-hybridized carbons (Fsp3) is 0.294. The minimum atomic E-state index is -0.569. The number of alkyl carbamates (subject to hydrolysis) is 1. The predicted octanol–water partition coefficient (Wildman–Crippen LogP) is 4.69. The van der Waals surface area contributed by atoms with Crippen LogP contribution in [-0.4, -0.2) is 16.7 Å². The maximum absolute atomic E-state index is 13.7. The molecule has 0 bridgehead atoms. The minimum Gasteiger partial charge on any atom is -0.444 e. The van der Waals surface area contributed by atoms with Crippen LogP contribution < -0.4 is 10.1 Å². The van der Waals surface area contributed by atoms with Crippen molar-refractivity contribution in [2.45, 2.75) is 32.9 Å². The van der Waals surface area contributed by atoms with E-state index in [2.05, 4.69) is 10.3 Å². The first-order valence-electron chi connectivity index (χ1n) is 7.27. The molecule has 1 aromatic carbocycles. The van der Waals surface area contributed by atoms with Crippen molar-refractivity contribution < 1.29 is 18.7 Å². The molecule has 1 N–H and O–H groups in total. The molecule has 0 aliphatic carbocycles. The lowest BCUT2D eigenvalue weighted by molar-refractivity contribution is 0.0523. The molecular formula is C17H18ClFN2O3. The molecule has 0 saturated carbocycles. The van der Waals surface area contributed by atoms with Gasteiger partial charge in [0.1, 0.15) is 5.60 Å². The van der Waals surface area contributed by atoms with Crippen LogP contribution >= 0.6 is 11.6 Å². The Morgan fingerprint density at radius 2 is 2.04 bits per heavy atom. The Hall–Kier alpha value is -2.34. The summed E-state index contributed by atoms with van der Waals surface area (Å²) in [7, 11) is 0. The van der Waals surface area contributed by atoms with E-state index >= 15 is 0 Å². The number of hydrogen-bond donors (Lipinski definition) is 1. The summed E-state index contributed by atoms with van der Waals surface area (Å²) in [6, 6.07) is 7.42. The summed E-state index contributed by atoms with van der Waals surface area (Å²) >= 11 is 5.69. The van der Waals surface area contributed by atoms with Gasteiger partial charge in [-0.2, -0.15) is 0 Å². The number of carbonyl (C=O) groups is 1. The smallest absolute Gasteiger partial charge is 0.407 e. The average molecular weight is 353 g/mol. The van der Waals surface area contributed by atoms with Gasteiger partial charge in [-0.1, -0.05) is 17.7 Å². The van der Waals surface area contributed by atoms with Gasteiger partial charge in [-0.3, -0.25) is 0 Å². The van der Waals surface area contributed by atoms with E-state index in [-0.39, 0.29) is 23.2 Å². The van der Waals surface area contributed by atoms with E-state index in [1.54, 1.807) is 32.9 Å². The second-order valence-corrected chi connectivity index (χ2v) is 6.47. The van der Waals surface area contributed by atoms with Crippen LogP contribution in [0.25, 0.3) is 0 Å². The molecule has 0 aliphatic heterocycles. The highest BCUT2D eigenvalue weighted by molar-refractivity contribution is 6.30. The highest BCUT2D eigenvalue weighted by Crippen LogP contribution is 2.25. The minimum absolute atomic E-state index is 0.0338. The van der Waals surface area contributed by atoms with Gasteiger partial charge in [0.05, 0.1) is 0 Å². The Labute approximate surface area is 144 Å². The predicted molar refractivity (Wildman–Crippen MR) is 88.8 cm³/mol. The number of rotatable bonds is 4. The molecule has 128 valence electrons. The largest absolute Gasteiger partial charge is 0.444 e. The summed E-state index contributed by atoms with van der Waals surface area (Å²) < 4.78 is 24.2. The number of amides is 1. The molecular weight excluding hydrogens is 335 g/mol. The highest BCUT2D eigenvalue weighted by Gasteiger charge is 2.15. The van der Waals surface area contributed by atoms with E-state index in [1.807, 2.05) is 0 Å². The zero-order valence-electron chi connectivity index (χ0n) is 13.6. The summed E-state index contributed by atoms with van der Waals surface area (Å²) in [5.41, 5.74) is 0.202. The van der Waals surface area contributed by atoms with E-state index in [0.717, 1.165) is 11.6 Å². The fourth-order valence-corrected chi connectivity index (χ4v) is 1.89. The molecule has 2 aromatic rings. The van der Waals surface area contributed by atoms with Crippen molar-refractivity contribution >= 4 is 17.7 Å². The van der Waals surface area contributed by atoms with Gasteiger partial charge in [0, 0.05) is 23.8 Å². The van der Waals surface area contributed by atoms with Crippen molar-refractivity contribution in [2.24, 2.45) is 0 Å². The van der Waals surface area contributed by atoms with E-state index in [1.165, 1.54) is 18.3 Å². The van der Waals surface area contributed by atoms with E-state index < -0.39 is 17.5 Å². The molecule has 1 heterocycles. The van der Waals surface area contributed by atoms with Crippen molar-refractivity contribution in [3.63, 3.8) is 0 Å². The monoisotopic (exact) mass is 352 g/mol. The SMILES string of the molecule is CC(C)(C)OC(=O)NCc1ccc(Oc2ccc(Cl)cc2F)nc1. The maximum Gasteiger partial charge on any atom is 0.407 e. The van der Waals surface area contributed by atoms with Gasteiger partial charge in [-0.05, 0) is 44.5 Å². The molecule has 0 saturated heterocycles. The first kappa shape index (κ1) is 18.0. The Bertz CT molecular complexity index is 715. The molecule has 24 heavy (non-hydrogen) atoms. The lowest BCUT2D eigenvalue weighted by Crippen LogP contribution is -2.32. The summed E-state index contributed by atoms with van der Waals surface area (Å²) in [4.78, 5) is 15.7. The number of ether oxygens (including phenoxy) is 2. The molecule has 0 atom stereocenters. The second-order valence-electron chi connectivity index (χ2n) is 6.04. The number of nitrogens with zero attached hydrogens (tertiary/aromatic N) is 1. The third-order valence-corrected chi connectivity index (χ3v) is 2.98. The number of pyridine rings is 1. The van der Waals surface area contributed by atoms with Crippen LogP contribution in [0.1, 0.15) is 26.3 Å². The number of carbonyl (C=O) groups excluding carboxylic acids is 1. The van der Waals surface area contributed by atoms with Gasteiger partial charge in [0.25, 0.3) is 0 Å². The Kier molecular flexibility index (Phi) is 5.62. The number of hydrogen-bond acceptors (Lipinski definition) is 4. The second kappa shape index (κ2) is 7.49. The lowest BCUT2D eigenvalue weighted by Gasteiger charge is -2.19. The van der Waals surface area contributed by atoms with Crippen molar-refractivity contribution in [3.05, 3.63) is 52.9 Å². The molecule has 7 heteroatoms. The summed E-state index contributed by atoms with van der Waals surface area (Å²) in [5.74, 6) is -0.302. The van der Waals surface area contributed by atoms with Crippen molar-refractivity contribution in [1.29, 1.82) is 0 Å². The van der Waals surface area contributed by atoms with E-state index in [0.29, 0.717) is 0 Å². The van der Waals surface area contributed by atoms with Crippen LogP contribution in [0.2, 0.25) is 5.02 Å². The van der Waals surface area contributed by atoms with Crippen LogP contribution in [0.4, 0.5) is 9.18 Å². The Balaban J connectivity index is 1.92. The summed E-state index contributed by atoms with van der Waals surface area (Å²) in [6.45, 7) is 5.62. The lowest BCUT2D eigenvalue weighted by atomic mass is 10.2. The quantitative estimate of drug-likeness (QED) is 0.867. The Morgan fingerprint density at radius 1 is 1.29 bits per heavy atom. The van der Waals surface area contributed by atoms with Crippen LogP contribution in [0, 0.1) is 5.82 Å². The van der Waals surface area contributed by atoms with Crippen LogP contribution in [0.5, 0.6) is 11.6 Å². The summed E-state index contributed by atoms with van der Waals surface area (Å²) in [5, 5.41) is 2.91. The molecule has 0 spiro atoms. The average Bonchev–Trinajstić information content (AvgIpc) is 2.48. The first-order valence-corrected chi connectivity index (χ1v) is 7.65. The van der Waals surface area contributed by atoms with Gasteiger partial charge in [0.2, 0.25) is 5.88 Å². The number of halogens is 2. The highest BCUT2D eigenvalue weighted by atomic mass is 35.5. The van der Waals surface area contributed by atoms with E-state index in [4.69, 9.17) is 21.1 Å². The van der Waals surface area contributed by atoms with Crippen LogP contribution in [-0.2, 0) is 11.3 Å². The standard InChI is InChI=1S/C17H18ClFN2O3/c1-17(2,3)24-16(22)21-10-11-4-7-15(20-9-11)23-14-6-5-12(18)8-13(14)19/h4-9H,10H2,1-3H3,(H,21,22). The third-order valence-electron chi connectivity index (χ3n) is 2.74. The molecule has 0 fully saturated rings. The molecule has 1 amide bonds. The van der Waals surface area contributed by atoms with Crippen molar-refractivity contribution in [2.75, 3.05) is 0 Å². The number of benzene rings is 1. The van der Waals surface area contributed by atoms with Gasteiger partial charge in [-0.15, -0.1) is 0 Å². The van der Waals surface area contributed by atoms with Gasteiger partial charge in [0.15, 0.2) is 11.6 Å². The van der Waals surface area contributed by atoms with Gasteiger partial charge < -0.3 is 14.8 Å². The topological polar surface area (TPSA) is 60.5 Å². The van der Waals surface area contributed by atoms with Crippen LogP contribution in [0.15, 0.2) is 36.5 Å². The maximum atomic E-state index is 13.7. The summed E-state index contributed by atoms with van der Waals surface area (Å²) in [6.07, 6.45) is 1.02. The third kappa shape index (κ3) is 5.70. The fourth-order valence-electron chi connectivity index (χ4n) is 1.73. The molecule has 0 aliphatic rings. The number of aromatic nitrogens is 1. The van der Waals surface area contributed by atoms with Gasteiger partial charge >= 0.3 is 6.09 Å². The van der Waals surface area contributed by atoms with Crippen LogP contribution in [0.3, 0.4) is 0 Å². The first-order chi connectivity index (χ1) is 11.2. The molecule has 1 aromatic heterocycles. The Morgan fingerprint density at radius 3 is 2.62 bits per heavy atom. The van der Waals surface area contributed by atoms with E-state index in [9.17, 15) is 9.18 Å². The molecule has 0 unspecified atom stereocenters. The van der Waals surface area contributed by atoms with Crippen molar-refractivity contribution in [3.8, 4) is 11.6 Å². The zero-order valence-corrected chi connectivity index (χ0v) is 14.4. The van der Waals surface area contributed by atoms with Crippen molar-refractivity contribution in [1.82, 2.24) is 10.3 Å². The molecule has 2 rings (SSSR count). The zero-order chi connectivity index (χ0) is 17.7. The molecule has 5 nitrogen and oxygen atoms in total. The molecule has 0 radical (unpaired) electrons. The normalized spacial score (nSPS) is 11.0. The number of nitrogens with one attached hydrogen (secondary N) is 1. The van der Waals surface area contributed by atoms with Gasteiger partial charge in [-0.25, -0.2) is 14.2 Å².